The fourth-order valence-electron chi connectivity index (χ4n) is 24.2. The van der Waals surface area contributed by atoms with E-state index in [1.165, 1.54) is 150 Å². The van der Waals surface area contributed by atoms with Gasteiger partial charge in [-0.2, -0.15) is 5.06 Å². The lowest BCUT2D eigenvalue weighted by Crippen LogP contribution is -2.46. The van der Waals surface area contributed by atoms with Crippen molar-refractivity contribution >= 4 is 34.1 Å². The van der Waals surface area contributed by atoms with E-state index in [1.807, 2.05) is 0 Å². The fourth-order valence-corrected chi connectivity index (χ4v) is 24.2. The number of hydrogen-bond acceptors (Lipinski definition) is 4. The van der Waals surface area contributed by atoms with Crippen LogP contribution in [0, 0.1) is 5.92 Å². The second-order valence-corrected chi connectivity index (χ2v) is 42.4. The Hall–Kier alpha value is -15.3. The van der Waals surface area contributed by atoms with Crippen LogP contribution in [0.5, 0.6) is 0 Å². The maximum Gasteiger partial charge on any atom is 0.105 e. The van der Waals surface area contributed by atoms with Crippen molar-refractivity contribution in [1.29, 1.82) is 0 Å². The molecule has 141 heavy (non-hydrogen) atoms. The molecule has 0 aromatic heterocycles. The lowest BCUT2D eigenvalue weighted by Gasteiger charge is -2.45. The Bertz CT molecular complexity index is 7760. The molecule has 23 rings (SSSR count). The average Bonchev–Trinajstić information content (AvgIpc) is 1.50. The van der Waals surface area contributed by atoms with Gasteiger partial charge in [-0.15, -0.1) is 0 Å². The summed E-state index contributed by atoms with van der Waals surface area (Å²) in [6.45, 7) is 25.7. The van der Waals surface area contributed by atoms with Gasteiger partial charge in [0.25, 0.3) is 0 Å². The number of fused-ring (bicyclic) bond motifs is 16. The van der Waals surface area contributed by atoms with Crippen molar-refractivity contribution in [3.8, 4) is 89.0 Å². The third-order valence-corrected chi connectivity index (χ3v) is 31.2. The molecule has 0 bridgehead atoms. The molecule has 4 nitrogen and oxygen atoms in total. The summed E-state index contributed by atoms with van der Waals surface area (Å²) in [7, 11) is 0. The topological polar surface area (TPSA) is 19.0 Å². The highest BCUT2D eigenvalue weighted by Gasteiger charge is 2.53. The zero-order chi connectivity index (χ0) is 96.0. The number of hydroxylamine groups is 2. The van der Waals surface area contributed by atoms with E-state index in [0.29, 0.717) is 0 Å². The van der Waals surface area contributed by atoms with Crippen LogP contribution >= 0.6 is 0 Å². The van der Waals surface area contributed by atoms with E-state index in [4.69, 9.17) is 4.84 Å². The Morgan fingerprint density at radius 1 is 0.248 bits per heavy atom. The van der Waals surface area contributed by atoms with E-state index in [0.717, 1.165) is 69.2 Å². The molecule has 0 fully saturated rings. The summed E-state index contributed by atoms with van der Waals surface area (Å²) < 4.78 is 0. The first-order valence-electron chi connectivity index (χ1n) is 50.6. The van der Waals surface area contributed by atoms with Crippen molar-refractivity contribution in [3.05, 3.63) is 551 Å². The Balaban J connectivity index is 0.599. The molecule has 0 saturated carbocycles. The first-order valence-corrected chi connectivity index (χ1v) is 50.6. The molecule has 0 radical (unpaired) electrons. The van der Waals surface area contributed by atoms with Crippen LogP contribution in [-0.2, 0) is 26.5 Å². The highest BCUT2D eigenvalue weighted by molar-refractivity contribution is 5.98. The van der Waals surface area contributed by atoms with Crippen LogP contribution in [0.4, 0.5) is 34.1 Å². The van der Waals surface area contributed by atoms with Crippen molar-refractivity contribution in [2.45, 2.75) is 140 Å². The standard InChI is InChI=1S/C137H119N3O/c1-91(2)132(102-39-21-14-22-40-102)140(134(7,8)9)141-131(101-59-57-95(58-60-101)96-61-69-107(70-62-96)136(108-73-71-106(72-74-108)133(4,5)6)124-50-32-28-46-116(124)122-84-80-114(90-130(122)136)138(109-41-23-15-24-42-109)110-43-25-16-26-44-110)88-105(85-92(3)93-35-17-12-18-36-93)100-55-53-98(54-56-100)103-67-81-120-117-47-29-33-51-125(117)137(128(120)86-103)126-52-34-30-48-118(126)121-82-68-104(87-129(121)137)99-65-77-112(78-66-99)139(111-75-63-97(64-76-111)94-37-19-13-20-38-94)113-79-83-119-115-45-27-31-49-123(115)135(10,11)127(119)89-113/h12-84,86-87,89-92,105,131-132H,85,88H2,1-11H3. The molecule has 0 amide bonds. The maximum absolute atomic E-state index is 8.05. The number of anilines is 6. The summed E-state index contributed by atoms with van der Waals surface area (Å²) in [5, 5.41) is 2.36. The molecule has 4 aliphatic carbocycles. The van der Waals surface area contributed by atoms with E-state index in [2.05, 4.69) is 558 Å². The lowest BCUT2D eigenvalue weighted by atomic mass is 9.67. The first kappa shape index (κ1) is 89.6. The van der Waals surface area contributed by atoms with Crippen LogP contribution in [-0.4, -0.2) is 10.6 Å². The van der Waals surface area contributed by atoms with Crippen LogP contribution in [0.3, 0.4) is 0 Å². The quantitative estimate of drug-likeness (QED) is 0.0561. The number of rotatable bonds is 24. The Morgan fingerprint density at radius 2 is 0.567 bits per heavy atom. The third-order valence-electron chi connectivity index (χ3n) is 31.2. The number of para-hydroxylation sites is 2. The summed E-state index contributed by atoms with van der Waals surface area (Å²) >= 11 is 0. The fraction of sp³-hybridized carbons (Fsp3) is 0.168. The molecule has 0 aliphatic heterocycles. The minimum atomic E-state index is -0.661. The zero-order valence-corrected chi connectivity index (χ0v) is 82.5. The van der Waals surface area contributed by atoms with Gasteiger partial charge in [0, 0.05) is 45.1 Å². The second-order valence-electron chi connectivity index (χ2n) is 42.4. The summed E-state index contributed by atoms with van der Waals surface area (Å²) in [5.74, 6) is 0.531. The molecule has 1 spiro atoms. The molecule has 19 aromatic rings. The Kier molecular flexibility index (Phi) is 23.0. The van der Waals surface area contributed by atoms with Crippen LogP contribution in [0.15, 0.2) is 467 Å². The van der Waals surface area contributed by atoms with Gasteiger partial charge in [-0.05, 0) is 314 Å². The monoisotopic (exact) mass is 1820 g/mol. The smallest absolute Gasteiger partial charge is 0.105 e. The molecular weight excluding hydrogens is 1700 g/mol. The number of nitrogens with zero attached hydrogens (tertiary/aromatic N) is 3. The molecule has 0 saturated heterocycles. The van der Waals surface area contributed by atoms with E-state index in [1.54, 1.807) is 0 Å². The predicted molar refractivity (Wildman–Crippen MR) is 590 cm³/mol. The third kappa shape index (κ3) is 15.8. The molecule has 19 aromatic carbocycles. The summed E-state index contributed by atoms with van der Waals surface area (Å²) in [5.41, 5.74) is 43.7. The van der Waals surface area contributed by atoms with Crippen molar-refractivity contribution in [2.75, 3.05) is 9.80 Å². The van der Waals surface area contributed by atoms with Crippen LogP contribution in [0.2, 0.25) is 0 Å². The normalized spacial score (nSPS) is 15.8. The Labute approximate surface area is 833 Å². The van der Waals surface area contributed by atoms with Gasteiger partial charge in [-0.1, -0.05) is 438 Å². The van der Waals surface area contributed by atoms with Crippen molar-refractivity contribution in [1.82, 2.24) is 5.06 Å². The number of benzene rings is 19. The summed E-state index contributed by atoms with van der Waals surface area (Å²) in [4.78, 5) is 12.9. The predicted octanol–water partition coefficient (Wildman–Crippen LogP) is 36.4. The van der Waals surface area contributed by atoms with E-state index in [-0.39, 0.29) is 40.7 Å². The van der Waals surface area contributed by atoms with E-state index < -0.39 is 16.4 Å². The van der Waals surface area contributed by atoms with Gasteiger partial charge in [0.15, 0.2) is 0 Å². The SMILES string of the molecule is CC(CC(CC(ON(C(c1ccccc1)C(C)C)C(C)(C)C)c1ccc(-c2ccc(C3(c4ccc(C(C)(C)C)cc4)c4ccccc4-c4ccc(N(c5ccccc5)c5ccccc5)cc43)cc2)cc1)c1ccc(-c2ccc3c(c2)C2(c4ccccc4-3)c3ccccc3-c3ccc(-c4ccc(N(c5ccc(-c6ccccc6)cc5)c5ccc6c(c5)C(C)(C)c5ccccc5-6)cc4)cc32)cc1)c1ccccc1. The van der Waals surface area contributed by atoms with Gasteiger partial charge in [-0.25, -0.2) is 0 Å². The molecular formula is C137H119N3O. The van der Waals surface area contributed by atoms with E-state index in [9.17, 15) is 0 Å². The van der Waals surface area contributed by atoms with Crippen molar-refractivity contribution in [3.63, 3.8) is 0 Å². The van der Waals surface area contributed by atoms with E-state index >= 15 is 0 Å². The van der Waals surface area contributed by atoms with Crippen molar-refractivity contribution < 1.29 is 4.84 Å². The highest BCUT2D eigenvalue weighted by Crippen LogP contribution is 2.65. The highest BCUT2D eigenvalue weighted by atomic mass is 16.7. The zero-order valence-electron chi connectivity index (χ0n) is 82.5. The lowest BCUT2D eigenvalue weighted by molar-refractivity contribution is -0.278. The van der Waals surface area contributed by atoms with Gasteiger partial charge in [0.1, 0.15) is 6.10 Å². The van der Waals surface area contributed by atoms with Crippen LogP contribution < -0.4 is 9.80 Å². The van der Waals surface area contributed by atoms with Crippen molar-refractivity contribution in [2.24, 2.45) is 5.92 Å². The van der Waals surface area contributed by atoms with Gasteiger partial charge < -0.3 is 9.80 Å². The Morgan fingerprint density at radius 3 is 1.02 bits per heavy atom. The molecule has 4 aliphatic rings. The minimum absolute atomic E-state index is 0.0286. The molecule has 0 N–H and O–H groups in total. The maximum atomic E-state index is 8.05. The van der Waals surface area contributed by atoms with Crippen LogP contribution in [0.25, 0.3) is 89.0 Å². The first-order chi connectivity index (χ1) is 68.7. The average molecular weight is 1820 g/mol. The molecule has 6 unspecified atom stereocenters. The molecule has 0 heterocycles. The molecule has 4 heteroatoms. The largest absolute Gasteiger partial charge is 0.310 e. The van der Waals surface area contributed by atoms with Gasteiger partial charge in [-0.3, -0.25) is 4.84 Å². The summed E-state index contributed by atoms with van der Waals surface area (Å²) in [6.07, 6.45) is 1.28. The van der Waals surface area contributed by atoms with Crippen LogP contribution in [0.1, 0.15) is 196 Å². The number of hydrogen-bond donors (Lipinski definition) is 0. The van der Waals surface area contributed by atoms with Gasteiger partial charge >= 0.3 is 0 Å². The minimum Gasteiger partial charge on any atom is -0.310 e. The summed E-state index contributed by atoms with van der Waals surface area (Å²) in [6, 6.07) is 177. The molecule has 688 valence electrons. The molecule has 6 atom stereocenters. The van der Waals surface area contributed by atoms with Gasteiger partial charge in [0.2, 0.25) is 0 Å². The second kappa shape index (κ2) is 36.2. The van der Waals surface area contributed by atoms with Gasteiger partial charge in [0.05, 0.1) is 16.9 Å².